The Morgan fingerprint density at radius 2 is 1.94 bits per heavy atom. The minimum absolute atomic E-state index is 0.205. The van der Waals surface area contributed by atoms with Gasteiger partial charge in [-0.2, -0.15) is 0 Å². The summed E-state index contributed by atoms with van der Waals surface area (Å²) in [6.45, 7) is 4.15. The lowest BCUT2D eigenvalue weighted by molar-refractivity contribution is -0.139. The zero-order valence-corrected chi connectivity index (χ0v) is 10.9. The van der Waals surface area contributed by atoms with Crippen molar-refractivity contribution in [3.8, 4) is 0 Å². The number of hydrogen-bond donors (Lipinski definition) is 1. The molecule has 1 saturated heterocycles. The molecule has 0 spiro atoms. The van der Waals surface area contributed by atoms with Crippen LogP contribution in [0.1, 0.15) is 39.0 Å². The van der Waals surface area contributed by atoms with Gasteiger partial charge in [-0.1, -0.05) is 12.8 Å². The minimum atomic E-state index is -0.666. The van der Waals surface area contributed by atoms with Crippen LogP contribution in [-0.2, 0) is 4.79 Å². The molecule has 0 bridgehead atoms. The highest BCUT2D eigenvalue weighted by atomic mass is 16.4. The van der Waals surface area contributed by atoms with E-state index in [9.17, 15) is 4.79 Å². The fourth-order valence-electron chi connectivity index (χ4n) is 3.28. The van der Waals surface area contributed by atoms with Crippen LogP contribution in [0.25, 0.3) is 0 Å². The number of piperazine rings is 1. The molecule has 0 aromatic rings. The number of rotatable bonds is 3. The third kappa shape index (κ3) is 2.99. The maximum atomic E-state index is 11.0. The highest BCUT2D eigenvalue weighted by Crippen LogP contribution is 2.29. The average Bonchev–Trinajstić information content (AvgIpc) is 2.75. The first-order valence-corrected chi connectivity index (χ1v) is 6.75. The molecule has 4 nitrogen and oxygen atoms in total. The van der Waals surface area contributed by atoms with Crippen molar-refractivity contribution in [1.82, 2.24) is 9.80 Å². The number of nitrogens with zero attached hydrogens (tertiary/aromatic N) is 2. The van der Waals surface area contributed by atoms with Crippen molar-refractivity contribution in [3.05, 3.63) is 0 Å². The summed E-state index contributed by atoms with van der Waals surface area (Å²) >= 11 is 0. The number of carboxylic acids is 1. The van der Waals surface area contributed by atoms with E-state index < -0.39 is 5.97 Å². The normalized spacial score (nSPS) is 33.1. The molecular formula is C13H24N2O2. The van der Waals surface area contributed by atoms with Crippen LogP contribution in [0, 0.1) is 0 Å². The lowest BCUT2D eigenvalue weighted by atomic mass is 10.0. The molecule has 2 rings (SSSR count). The summed E-state index contributed by atoms with van der Waals surface area (Å²) in [5, 5.41) is 9.03. The van der Waals surface area contributed by atoms with E-state index in [4.69, 9.17) is 5.11 Å². The second-order valence-corrected chi connectivity index (χ2v) is 5.68. The third-order valence-corrected chi connectivity index (χ3v) is 4.40. The van der Waals surface area contributed by atoms with Gasteiger partial charge < -0.3 is 10.0 Å². The number of carboxylic acid groups (broad SMARTS) is 1. The zero-order valence-electron chi connectivity index (χ0n) is 10.9. The molecule has 2 aliphatic rings. The molecule has 1 aliphatic carbocycles. The largest absolute Gasteiger partial charge is 0.481 e. The van der Waals surface area contributed by atoms with E-state index in [1.165, 1.54) is 25.7 Å². The fraction of sp³-hybridized carbons (Fsp3) is 0.923. The molecule has 0 radical (unpaired) electrons. The van der Waals surface area contributed by atoms with Crippen LogP contribution in [-0.4, -0.2) is 59.1 Å². The molecule has 4 heteroatoms. The Bertz CT molecular complexity index is 277. The summed E-state index contributed by atoms with van der Waals surface area (Å²) in [4.78, 5) is 15.7. The number of carbonyl (C=O) groups is 1. The molecule has 2 atom stereocenters. The molecule has 1 saturated carbocycles. The predicted molar refractivity (Wildman–Crippen MR) is 67.1 cm³/mol. The summed E-state index contributed by atoms with van der Waals surface area (Å²) in [6, 6.07) is 1.38. The Kier molecular flexibility index (Phi) is 4.05. The van der Waals surface area contributed by atoms with Crippen LogP contribution >= 0.6 is 0 Å². The van der Waals surface area contributed by atoms with Crippen molar-refractivity contribution in [1.29, 1.82) is 0 Å². The molecule has 1 aliphatic heterocycles. The molecule has 2 fully saturated rings. The Labute approximate surface area is 104 Å². The van der Waals surface area contributed by atoms with Crippen molar-refractivity contribution in [3.63, 3.8) is 0 Å². The van der Waals surface area contributed by atoms with Gasteiger partial charge in [-0.15, -0.1) is 0 Å². The smallest absolute Gasteiger partial charge is 0.304 e. The first kappa shape index (κ1) is 12.8. The first-order valence-electron chi connectivity index (χ1n) is 6.75. The summed E-state index contributed by atoms with van der Waals surface area (Å²) < 4.78 is 0. The van der Waals surface area contributed by atoms with E-state index in [-0.39, 0.29) is 12.5 Å². The number of likely N-dealkylation sites (N-methyl/N-ethyl adjacent to an activating group) is 1. The van der Waals surface area contributed by atoms with Crippen LogP contribution in [0.5, 0.6) is 0 Å². The molecule has 98 valence electrons. The van der Waals surface area contributed by atoms with Gasteiger partial charge in [0.25, 0.3) is 0 Å². The van der Waals surface area contributed by atoms with Crippen LogP contribution in [0.3, 0.4) is 0 Å². The van der Waals surface area contributed by atoms with E-state index in [2.05, 4.69) is 23.8 Å². The number of hydrogen-bond acceptors (Lipinski definition) is 3. The molecule has 0 aromatic heterocycles. The van der Waals surface area contributed by atoms with Gasteiger partial charge in [0.05, 0.1) is 6.42 Å². The standard InChI is InChI=1S/C13H24N2O2/c1-10-8-15(11-5-3-4-6-11)12(7-13(16)17)9-14(10)2/h10-12H,3-9H2,1-2H3,(H,16,17). The topological polar surface area (TPSA) is 43.8 Å². The first-order chi connectivity index (χ1) is 8.08. The van der Waals surface area contributed by atoms with Crippen LogP contribution < -0.4 is 0 Å². The predicted octanol–water partition coefficient (Wildman–Crippen LogP) is 1.41. The maximum absolute atomic E-state index is 11.0. The van der Waals surface area contributed by atoms with E-state index in [0.29, 0.717) is 12.1 Å². The second-order valence-electron chi connectivity index (χ2n) is 5.68. The Balaban J connectivity index is 2.04. The van der Waals surface area contributed by atoms with E-state index in [1.807, 2.05) is 0 Å². The number of aliphatic carboxylic acids is 1. The van der Waals surface area contributed by atoms with Gasteiger partial charge in [0.2, 0.25) is 0 Å². The fourth-order valence-corrected chi connectivity index (χ4v) is 3.28. The van der Waals surface area contributed by atoms with E-state index in [0.717, 1.165) is 13.1 Å². The highest BCUT2D eigenvalue weighted by molar-refractivity contribution is 5.67. The molecule has 1 heterocycles. The summed E-state index contributed by atoms with van der Waals surface area (Å²) in [5.41, 5.74) is 0. The van der Waals surface area contributed by atoms with E-state index in [1.54, 1.807) is 0 Å². The highest BCUT2D eigenvalue weighted by Gasteiger charge is 2.35. The lowest BCUT2D eigenvalue weighted by Gasteiger charge is -2.46. The summed E-state index contributed by atoms with van der Waals surface area (Å²) in [5.74, 6) is -0.666. The monoisotopic (exact) mass is 240 g/mol. The Morgan fingerprint density at radius 3 is 2.53 bits per heavy atom. The van der Waals surface area contributed by atoms with Crippen molar-refractivity contribution >= 4 is 5.97 Å². The van der Waals surface area contributed by atoms with Crippen LogP contribution in [0.4, 0.5) is 0 Å². The lowest BCUT2D eigenvalue weighted by Crippen LogP contribution is -2.59. The Hall–Kier alpha value is -0.610. The van der Waals surface area contributed by atoms with Gasteiger partial charge in [-0.05, 0) is 26.8 Å². The van der Waals surface area contributed by atoms with Crippen molar-refractivity contribution < 1.29 is 9.90 Å². The van der Waals surface area contributed by atoms with E-state index >= 15 is 0 Å². The van der Waals surface area contributed by atoms with Crippen LogP contribution in [0.2, 0.25) is 0 Å². The average molecular weight is 240 g/mol. The van der Waals surface area contributed by atoms with Crippen molar-refractivity contribution in [2.75, 3.05) is 20.1 Å². The summed E-state index contributed by atoms with van der Waals surface area (Å²) in [6.07, 6.45) is 5.42. The SMILES string of the molecule is CC1CN(C2CCCC2)C(CC(=O)O)CN1C. The van der Waals surface area contributed by atoms with Crippen molar-refractivity contribution in [2.24, 2.45) is 0 Å². The summed E-state index contributed by atoms with van der Waals surface area (Å²) in [7, 11) is 2.10. The molecule has 17 heavy (non-hydrogen) atoms. The molecular weight excluding hydrogens is 216 g/mol. The molecule has 0 amide bonds. The van der Waals surface area contributed by atoms with Gasteiger partial charge in [0.15, 0.2) is 0 Å². The van der Waals surface area contributed by atoms with Gasteiger partial charge in [0.1, 0.15) is 0 Å². The van der Waals surface area contributed by atoms with Gasteiger partial charge in [-0.25, -0.2) is 0 Å². The quantitative estimate of drug-likeness (QED) is 0.810. The molecule has 0 aromatic carbocycles. The van der Waals surface area contributed by atoms with Crippen molar-refractivity contribution in [2.45, 2.75) is 57.2 Å². The van der Waals surface area contributed by atoms with Gasteiger partial charge in [0, 0.05) is 31.2 Å². The zero-order chi connectivity index (χ0) is 12.4. The Morgan fingerprint density at radius 1 is 1.29 bits per heavy atom. The second kappa shape index (κ2) is 5.36. The third-order valence-electron chi connectivity index (χ3n) is 4.40. The van der Waals surface area contributed by atoms with Crippen LogP contribution in [0.15, 0.2) is 0 Å². The van der Waals surface area contributed by atoms with Gasteiger partial charge >= 0.3 is 5.97 Å². The minimum Gasteiger partial charge on any atom is -0.481 e. The van der Waals surface area contributed by atoms with Gasteiger partial charge in [-0.3, -0.25) is 9.69 Å². The molecule has 1 N–H and O–H groups in total. The maximum Gasteiger partial charge on any atom is 0.304 e. The molecule has 2 unspecified atom stereocenters.